The molecule has 0 atom stereocenters. The number of aliphatic imine (C=N–C) groups is 1. The summed E-state index contributed by atoms with van der Waals surface area (Å²) in [6.45, 7) is 13.0. The Morgan fingerprint density at radius 2 is 2.05 bits per heavy atom. The van der Waals surface area contributed by atoms with Crippen LogP contribution in [-0.4, -0.2) is 34.0 Å². The van der Waals surface area contributed by atoms with Crippen LogP contribution in [0, 0.1) is 0 Å². The lowest BCUT2D eigenvalue weighted by Crippen LogP contribution is -2.09. The molecule has 1 aliphatic heterocycles. The molecule has 0 bridgehead atoms. The normalized spacial score (nSPS) is 15.9. The number of nitrogens with one attached hydrogen (secondary N) is 1. The Morgan fingerprint density at radius 1 is 1.43 bits per heavy atom. The van der Waals surface area contributed by atoms with E-state index in [1.54, 1.807) is 7.05 Å². The molecular formula is C18H30N2O. The Hall–Kier alpha value is -1.61. The second-order valence-corrected chi connectivity index (χ2v) is 4.89. The van der Waals surface area contributed by atoms with Crippen molar-refractivity contribution in [2.24, 2.45) is 4.99 Å². The summed E-state index contributed by atoms with van der Waals surface area (Å²) in [4.78, 5) is 4.07. The average molecular weight is 290 g/mol. The molecular weight excluding hydrogens is 260 g/mol. The van der Waals surface area contributed by atoms with E-state index in [4.69, 9.17) is 4.74 Å². The van der Waals surface area contributed by atoms with E-state index in [0.29, 0.717) is 0 Å². The Kier molecular flexibility index (Phi) is 10.2. The summed E-state index contributed by atoms with van der Waals surface area (Å²) in [5, 5.41) is 2.75. The standard InChI is InChI=1S/C16H23NO.C2H7N/c1-6-14-9-8-10-18-16(14)13(4)15(7-2)12(3)11-17-5;1-3-2/h6,11H,1,4,7-10H2,2-3,5H3;3H,1-2H3/b15-12+,17-11?;. The number of hydrogen-bond donors (Lipinski definition) is 1. The number of allylic oxidation sites excluding steroid dienone is 4. The van der Waals surface area contributed by atoms with E-state index in [1.165, 1.54) is 11.1 Å². The van der Waals surface area contributed by atoms with Gasteiger partial charge in [0, 0.05) is 18.8 Å². The highest BCUT2D eigenvalue weighted by atomic mass is 16.5. The summed E-state index contributed by atoms with van der Waals surface area (Å²) in [6.07, 6.45) is 6.76. The lowest BCUT2D eigenvalue weighted by molar-refractivity contribution is 0.198. The largest absolute Gasteiger partial charge is 0.493 e. The van der Waals surface area contributed by atoms with Crippen molar-refractivity contribution in [1.82, 2.24) is 5.32 Å². The third kappa shape index (κ3) is 6.13. The molecule has 0 radical (unpaired) electrons. The van der Waals surface area contributed by atoms with Crippen LogP contribution < -0.4 is 5.32 Å². The molecule has 0 saturated carbocycles. The summed E-state index contributed by atoms with van der Waals surface area (Å²) in [5.74, 6) is 0.914. The SMILES string of the molecule is C=CC1=C(C(=C)/C(CC)=C(\C)C=NC)OCCC1.CNC. The average Bonchev–Trinajstić information content (AvgIpc) is 2.49. The molecule has 0 unspecified atom stereocenters. The summed E-state index contributed by atoms with van der Waals surface area (Å²) >= 11 is 0. The monoisotopic (exact) mass is 290 g/mol. The fourth-order valence-corrected chi connectivity index (χ4v) is 2.26. The molecule has 3 nitrogen and oxygen atoms in total. The second-order valence-electron chi connectivity index (χ2n) is 4.89. The smallest absolute Gasteiger partial charge is 0.129 e. The van der Waals surface area contributed by atoms with Gasteiger partial charge < -0.3 is 10.1 Å². The minimum atomic E-state index is 0.767. The maximum atomic E-state index is 5.78. The molecule has 0 aromatic carbocycles. The highest BCUT2D eigenvalue weighted by Crippen LogP contribution is 2.31. The van der Waals surface area contributed by atoms with Crippen molar-refractivity contribution < 1.29 is 4.74 Å². The molecule has 1 heterocycles. The Balaban J connectivity index is 0.00000122. The first-order valence-corrected chi connectivity index (χ1v) is 7.45. The predicted molar refractivity (Wildman–Crippen MR) is 93.9 cm³/mol. The van der Waals surface area contributed by atoms with Crippen molar-refractivity contribution in [3.8, 4) is 0 Å². The molecule has 0 aromatic rings. The zero-order valence-electron chi connectivity index (χ0n) is 14.3. The van der Waals surface area contributed by atoms with E-state index in [2.05, 4.69) is 37.3 Å². The van der Waals surface area contributed by atoms with Gasteiger partial charge >= 0.3 is 0 Å². The molecule has 0 amide bonds. The highest BCUT2D eigenvalue weighted by molar-refractivity contribution is 5.80. The zero-order chi connectivity index (χ0) is 16.3. The van der Waals surface area contributed by atoms with Crippen molar-refractivity contribution >= 4 is 6.21 Å². The number of hydrogen-bond acceptors (Lipinski definition) is 3. The van der Waals surface area contributed by atoms with Crippen LogP contribution in [-0.2, 0) is 4.74 Å². The number of nitrogens with zero attached hydrogens (tertiary/aromatic N) is 1. The van der Waals surface area contributed by atoms with Gasteiger partial charge in [-0.3, -0.25) is 4.99 Å². The molecule has 21 heavy (non-hydrogen) atoms. The lowest BCUT2D eigenvalue weighted by Gasteiger charge is -2.23. The molecule has 0 spiro atoms. The molecule has 0 fully saturated rings. The molecule has 1 aliphatic rings. The van der Waals surface area contributed by atoms with E-state index in [-0.39, 0.29) is 0 Å². The summed E-state index contributed by atoms with van der Waals surface area (Å²) in [7, 11) is 5.53. The summed E-state index contributed by atoms with van der Waals surface area (Å²) < 4.78 is 5.78. The second kappa shape index (κ2) is 11.1. The van der Waals surface area contributed by atoms with Crippen molar-refractivity contribution in [2.45, 2.75) is 33.1 Å². The molecule has 3 heteroatoms. The molecule has 0 aromatic heterocycles. The van der Waals surface area contributed by atoms with E-state index in [9.17, 15) is 0 Å². The summed E-state index contributed by atoms with van der Waals surface area (Å²) in [6, 6.07) is 0. The first-order chi connectivity index (χ1) is 10.1. The fourth-order valence-electron chi connectivity index (χ4n) is 2.26. The predicted octanol–water partition coefficient (Wildman–Crippen LogP) is 4.06. The minimum absolute atomic E-state index is 0.767. The highest BCUT2D eigenvalue weighted by Gasteiger charge is 2.17. The van der Waals surface area contributed by atoms with Gasteiger partial charge in [-0.2, -0.15) is 0 Å². The number of ether oxygens (including phenoxy) is 1. The third-order valence-electron chi connectivity index (χ3n) is 3.17. The van der Waals surface area contributed by atoms with E-state index < -0.39 is 0 Å². The Bertz CT molecular complexity index is 442. The van der Waals surface area contributed by atoms with Gasteiger partial charge in [0.05, 0.1) is 6.61 Å². The van der Waals surface area contributed by atoms with Crippen LogP contribution in [0.4, 0.5) is 0 Å². The summed E-state index contributed by atoms with van der Waals surface area (Å²) in [5.41, 5.74) is 4.50. The molecule has 0 aliphatic carbocycles. The Morgan fingerprint density at radius 3 is 2.52 bits per heavy atom. The van der Waals surface area contributed by atoms with E-state index in [0.717, 1.165) is 42.8 Å². The molecule has 1 N–H and O–H groups in total. The maximum absolute atomic E-state index is 5.78. The first kappa shape index (κ1) is 19.4. The van der Waals surface area contributed by atoms with Gasteiger partial charge in [-0.1, -0.05) is 26.2 Å². The molecule has 118 valence electrons. The van der Waals surface area contributed by atoms with Crippen LogP contribution in [0.25, 0.3) is 0 Å². The van der Waals surface area contributed by atoms with Crippen LogP contribution in [0.15, 0.2) is 52.3 Å². The third-order valence-corrected chi connectivity index (χ3v) is 3.17. The molecule has 1 rings (SSSR count). The van der Waals surface area contributed by atoms with Crippen molar-refractivity contribution in [2.75, 3.05) is 27.7 Å². The van der Waals surface area contributed by atoms with Gasteiger partial charge in [0.15, 0.2) is 0 Å². The van der Waals surface area contributed by atoms with Crippen LogP contribution in [0.3, 0.4) is 0 Å². The van der Waals surface area contributed by atoms with E-state index in [1.807, 2.05) is 26.4 Å². The molecule has 0 saturated heterocycles. The quantitative estimate of drug-likeness (QED) is 0.612. The topological polar surface area (TPSA) is 33.6 Å². The maximum Gasteiger partial charge on any atom is 0.129 e. The van der Waals surface area contributed by atoms with Gasteiger partial charge in [-0.15, -0.1) is 0 Å². The first-order valence-electron chi connectivity index (χ1n) is 7.45. The Labute approximate surface area is 130 Å². The van der Waals surface area contributed by atoms with Crippen molar-refractivity contribution in [3.63, 3.8) is 0 Å². The van der Waals surface area contributed by atoms with Gasteiger partial charge in [0.25, 0.3) is 0 Å². The van der Waals surface area contributed by atoms with Gasteiger partial charge in [-0.25, -0.2) is 0 Å². The van der Waals surface area contributed by atoms with Gasteiger partial charge in [-0.05, 0) is 57.0 Å². The van der Waals surface area contributed by atoms with Gasteiger partial charge in [0.2, 0.25) is 0 Å². The lowest BCUT2D eigenvalue weighted by atomic mass is 9.94. The zero-order valence-corrected chi connectivity index (χ0v) is 14.3. The number of rotatable bonds is 5. The van der Waals surface area contributed by atoms with E-state index >= 15 is 0 Å². The van der Waals surface area contributed by atoms with Crippen LogP contribution in [0.5, 0.6) is 0 Å². The van der Waals surface area contributed by atoms with Crippen molar-refractivity contribution in [3.05, 3.63) is 47.3 Å². The van der Waals surface area contributed by atoms with Crippen LogP contribution in [0.1, 0.15) is 33.1 Å². The van der Waals surface area contributed by atoms with Crippen LogP contribution >= 0.6 is 0 Å². The van der Waals surface area contributed by atoms with Crippen LogP contribution in [0.2, 0.25) is 0 Å². The fraction of sp³-hybridized carbons (Fsp3) is 0.500. The van der Waals surface area contributed by atoms with Gasteiger partial charge in [0.1, 0.15) is 5.76 Å². The van der Waals surface area contributed by atoms with Crippen molar-refractivity contribution in [1.29, 1.82) is 0 Å². The minimum Gasteiger partial charge on any atom is -0.493 e.